The maximum Gasteiger partial charge on any atom is 0.129 e. The van der Waals surface area contributed by atoms with Crippen molar-refractivity contribution in [2.75, 3.05) is 25.1 Å². The van der Waals surface area contributed by atoms with Gasteiger partial charge in [0.2, 0.25) is 0 Å². The lowest BCUT2D eigenvalue weighted by Gasteiger charge is -2.21. The molecule has 16 heavy (non-hydrogen) atoms. The lowest BCUT2D eigenvalue weighted by molar-refractivity contribution is 0.0845. The Labute approximate surface area is 96.4 Å². The van der Waals surface area contributed by atoms with Gasteiger partial charge in [0, 0.05) is 37.4 Å². The Hall–Kier alpha value is -1.16. The molecule has 0 atom stereocenters. The zero-order chi connectivity index (χ0) is 11.2. The van der Waals surface area contributed by atoms with E-state index in [-0.39, 0.29) is 0 Å². The van der Waals surface area contributed by atoms with Crippen molar-refractivity contribution in [1.82, 2.24) is 9.97 Å². The first-order chi connectivity index (χ1) is 7.90. The third-order valence-corrected chi connectivity index (χ3v) is 2.88. The fraction of sp³-hybridized carbons (Fsp3) is 0.667. The standard InChI is InChI=1S/C12H19N3O/c1-2-5-13-12-8-11(14-9-15-12)10-3-6-16-7-4-10/h8-10H,2-7H2,1H3,(H,13,14,15). The average Bonchev–Trinajstić information content (AvgIpc) is 2.38. The predicted octanol–water partition coefficient (Wildman–Crippen LogP) is 2.19. The molecule has 1 aromatic rings. The van der Waals surface area contributed by atoms with E-state index in [1.165, 1.54) is 0 Å². The van der Waals surface area contributed by atoms with E-state index in [1.807, 2.05) is 0 Å². The van der Waals surface area contributed by atoms with Crippen LogP contribution in [0.25, 0.3) is 0 Å². The van der Waals surface area contributed by atoms with Crippen molar-refractivity contribution in [2.24, 2.45) is 0 Å². The van der Waals surface area contributed by atoms with Crippen molar-refractivity contribution in [3.05, 3.63) is 18.1 Å². The number of aromatic nitrogens is 2. The summed E-state index contributed by atoms with van der Waals surface area (Å²) < 4.78 is 5.36. The summed E-state index contributed by atoms with van der Waals surface area (Å²) in [6.45, 7) is 4.82. The van der Waals surface area contributed by atoms with Gasteiger partial charge in [-0.2, -0.15) is 0 Å². The van der Waals surface area contributed by atoms with Gasteiger partial charge in [-0.15, -0.1) is 0 Å². The smallest absolute Gasteiger partial charge is 0.129 e. The quantitative estimate of drug-likeness (QED) is 0.846. The summed E-state index contributed by atoms with van der Waals surface area (Å²) in [4.78, 5) is 8.58. The van der Waals surface area contributed by atoms with Crippen LogP contribution in [-0.4, -0.2) is 29.7 Å². The Balaban J connectivity index is 2.02. The number of hydrogen-bond acceptors (Lipinski definition) is 4. The third kappa shape index (κ3) is 2.92. The van der Waals surface area contributed by atoms with Gasteiger partial charge in [-0.25, -0.2) is 9.97 Å². The zero-order valence-corrected chi connectivity index (χ0v) is 9.78. The fourth-order valence-electron chi connectivity index (χ4n) is 1.94. The van der Waals surface area contributed by atoms with Gasteiger partial charge in [0.05, 0.1) is 0 Å². The highest BCUT2D eigenvalue weighted by Gasteiger charge is 2.17. The largest absolute Gasteiger partial charge is 0.381 e. The van der Waals surface area contributed by atoms with Gasteiger partial charge in [-0.1, -0.05) is 6.92 Å². The molecule has 88 valence electrons. The van der Waals surface area contributed by atoms with E-state index in [9.17, 15) is 0 Å². The number of rotatable bonds is 4. The fourth-order valence-corrected chi connectivity index (χ4v) is 1.94. The molecule has 0 bridgehead atoms. The summed E-state index contributed by atoms with van der Waals surface area (Å²) in [7, 11) is 0. The van der Waals surface area contributed by atoms with Gasteiger partial charge in [0.15, 0.2) is 0 Å². The van der Waals surface area contributed by atoms with Crippen molar-refractivity contribution in [3.8, 4) is 0 Å². The lowest BCUT2D eigenvalue weighted by atomic mass is 9.96. The normalized spacial score (nSPS) is 17.3. The van der Waals surface area contributed by atoms with Crippen LogP contribution in [-0.2, 0) is 4.74 Å². The first kappa shape index (κ1) is 11.3. The second-order valence-electron chi connectivity index (χ2n) is 4.14. The minimum Gasteiger partial charge on any atom is -0.381 e. The molecule has 0 amide bonds. The summed E-state index contributed by atoms with van der Waals surface area (Å²) in [5, 5.41) is 3.29. The van der Waals surface area contributed by atoms with Crippen LogP contribution in [0.4, 0.5) is 5.82 Å². The van der Waals surface area contributed by atoms with Gasteiger partial charge in [0.1, 0.15) is 12.1 Å². The molecule has 1 aliphatic heterocycles. The van der Waals surface area contributed by atoms with Gasteiger partial charge in [-0.3, -0.25) is 0 Å². The van der Waals surface area contributed by atoms with Crippen molar-refractivity contribution in [2.45, 2.75) is 32.1 Å². The van der Waals surface area contributed by atoms with Crippen molar-refractivity contribution >= 4 is 5.82 Å². The molecule has 2 heterocycles. The Morgan fingerprint density at radius 1 is 1.38 bits per heavy atom. The SMILES string of the molecule is CCCNc1cc(C2CCOCC2)ncn1. The zero-order valence-electron chi connectivity index (χ0n) is 9.78. The van der Waals surface area contributed by atoms with E-state index in [0.29, 0.717) is 5.92 Å². The summed E-state index contributed by atoms with van der Waals surface area (Å²) in [5.74, 6) is 1.48. The predicted molar refractivity (Wildman–Crippen MR) is 63.6 cm³/mol. The lowest BCUT2D eigenvalue weighted by Crippen LogP contribution is -2.15. The Bertz CT molecular complexity index is 324. The van der Waals surface area contributed by atoms with Crippen LogP contribution in [0.1, 0.15) is 37.8 Å². The third-order valence-electron chi connectivity index (χ3n) is 2.88. The van der Waals surface area contributed by atoms with Crippen LogP contribution in [0.2, 0.25) is 0 Å². The topological polar surface area (TPSA) is 47.0 Å². The minimum absolute atomic E-state index is 0.541. The maximum absolute atomic E-state index is 5.36. The summed E-state index contributed by atoms with van der Waals surface area (Å²) in [6, 6.07) is 2.08. The van der Waals surface area contributed by atoms with E-state index in [4.69, 9.17) is 4.74 Å². The van der Waals surface area contributed by atoms with Gasteiger partial charge < -0.3 is 10.1 Å². The molecule has 1 aliphatic rings. The second-order valence-corrected chi connectivity index (χ2v) is 4.14. The number of nitrogens with zero attached hydrogens (tertiary/aromatic N) is 2. The molecule has 1 aromatic heterocycles. The molecule has 1 N–H and O–H groups in total. The van der Waals surface area contributed by atoms with Crippen LogP contribution < -0.4 is 5.32 Å². The van der Waals surface area contributed by atoms with Crippen molar-refractivity contribution < 1.29 is 4.74 Å². The van der Waals surface area contributed by atoms with Crippen molar-refractivity contribution in [3.63, 3.8) is 0 Å². The molecular formula is C12H19N3O. The van der Waals surface area contributed by atoms with Crippen LogP contribution in [0.3, 0.4) is 0 Å². The summed E-state index contributed by atoms with van der Waals surface area (Å²) in [6.07, 6.45) is 4.91. The van der Waals surface area contributed by atoms with E-state index in [0.717, 1.165) is 50.5 Å². The molecular weight excluding hydrogens is 202 g/mol. The number of ether oxygens (including phenoxy) is 1. The molecule has 0 saturated carbocycles. The second kappa shape index (κ2) is 5.80. The van der Waals surface area contributed by atoms with E-state index in [2.05, 4.69) is 28.3 Å². The Kier molecular flexibility index (Phi) is 4.10. The first-order valence-corrected chi connectivity index (χ1v) is 6.03. The van der Waals surface area contributed by atoms with Crippen LogP contribution in [0.15, 0.2) is 12.4 Å². The van der Waals surface area contributed by atoms with Gasteiger partial charge in [-0.05, 0) is 19.3 Å². The maximum atomic E-state index is 5.36. The molecule has 0 aliphatic carbocycles. The number of anilines is 1. The molecule has 4 nitrogen and oxygen atoms in total. The summed E-state index contributed by atoms with van der Waals surface area (Å²) >= 11 is 0. The van der Waals surface area contributed by atoms with Gasteiger partial charge >= 0.3 is 0 Å². The highest BCUT2D eigenvalue weighted by Crippen LogP contribution is 2.25. The Morgan fingerprint density at radius 3 is 2.94 bits per heavy atom. The van der Waals surface area contributed by atoms with E-state index >= 15 is 0 Å². The first-order valence-electron chi connectivity index (χ1n) is 6.03. The molecule has 0 spiro atoms. The van der Waals surface area contributed by atoms with Crippen molar-refractivity contribution in [1.29, 1.82) is 0 Å². The van der Waals surface area contributed by atoms with E-state index < -0.39 is 0 Å². The molecule has 1 fully saturated rings. The molecule has 0 aromatic carbocycles. The Morgan fingerprint density at radius 2 is 2.19 bits per heavy atom. The highest BCUT2D eigenvalue weighted by atomic mass is 16.5. The molecule has 2 rings (SSSR count). The molecule has 4 heteroatoms. The molecule has 0 radical (unpaired) electrons. The summed E-state index contributed by atoms with van der Waals surface area (Å²) in [5.41, 5.74) is 1.15. The van der Waals surface area contributed by atoms with Gasteiger partial charge in [0.25, 0.3) is 0 Å². The molecule has 0 unspecified atom stereocenters. The van der Waals surface area contributed by atoms with Crippen LogP contribution >= 0.6 is 0 Å². The number of hydrogen-bond donors (Lipinski definition) is 1. The number of nitrogens with one attached hydrogen (secondary N) is 1. The molecule has 1 saturated heterocycles. The van der Waals surface area contributed by atoms with Crippen LogP contribution in [0, 0.1) is 0 Å². The monoisotopic (exact) mass is 221 g/mol. The highest BCUT2D eigenvalue weighted by molar-refractivity contribution is 5.35. The van der Waals surface area contributed by atoms with E-state index in [1.54, 1.807) is 6.33 Å². The average molecular weight is 221 g/mol. The van der Waals surface area contributed by atoms with Crippen LogP contribution in [0.5, 0.6) is 0 Å². The minimum atomic E-state index is 0.541.